The molecule has 4 nitrogen and oxygen atoms in total. The maximum absolute atomic E-state index is 11.3. The fourth-order valence-electron chi connectivity index (χ4n) is 1.33. The minimum Gasteiger partial charge on any atom is -0.459 e. The lowest BCUT2D eigenvalue weighted by Crippen LogP contribution is -2.19. The van der Waals surface area contributed by atoms with E-state index in [1.807, 2.05) is 6.92 Å². The molecule has 1 N–H and O–H groups in total. The van der Waals surface area contributed by atoms with Crippen molar-refractivity contribution in [2.75, 3.05) is 0 Å². The highest BCUT2D eigenvalue weighted by molar-refractivity contribution is 8.41. The summed E-state index contributed by atoms with van der Waals surface area (Å²) in [5.74, 6) is -0.329. The maximum Gasteiger partial charge on any atom is 0.333 e. The average Bonchev–Trinajstić information content (AvgIpc) is 2.62. The first kappa shape index (κ1) is 15.8. The molecule has 7 heteroatoms. The SMILES string of the molecule is C=C(C)C(=O)OC(C)CC(C)SC1=NNC(S)S1. The second kappa shape index (κ2) is 7.35. The van der Waals surface area contributed by atoms with E-state index in [0.717, 1.165) is 10.8 Å². The molecule has 3 atom stereocenters. The first-order chi connectivity index (χ1) is 8.38. The molecule has 1 rings (SSSR count). The Morgan fingerprint density at radius 1 is 1.72 bits per heavy atom. The van der Waals surface area contributed by atoms with Gasteiger partial charge in [-0.25, -0.2) is 4.79 Å². The highest BCUT2D eigenvalue weighted by atomic mass is 32.2. The van der Waals surface area contributed by atoms with Crippen molar-refractivity contribution in [3.8, 4) is 0 Å². The summed E-state index contributed by atoms with van der Waals surface area (Å²) in [6.45, 7) is 9.19. The van der Waals surface area contributed by atoms with Gasteiger partial charge in [0.25, 0.3) is 0 Å². The number of carbonyl (C=O) groups excluding carboxylic acids is 1. The molecule has 0 amide bonds. The van der Waals surface area contributed by atoms with E-state index in [-0.39, 0.29) is 16.8 Å². The maximum atomic E-state index is 11.3. The third-order valence-electron chi connectivity index (χ3n) is 2.10. The second-order valence-electron chi connectivity index (χ2n) is 4.14. The van der Waals surface area contributed by atoms with Gasteiger partial charge in [0.1, 0.15) is 10.8 Å². The van der Waals surface area contributed by atoms with E-state index >= 15 is 0 Å². The van der Waals surface area contributed by atoms with Crippen molar-refractivity contribution in [2.24, 2.45) is 5.10 Å². The van der Waals surface area contributed by atoms with Crippen LogP contribution in [0.3, 0.4) is 0 Å². The van der Waals surface area contributed by atoms with Crippen LogP contribution >= 0.6 is 36.2 Å². The van der Waals surface area contributed by atoms with Gasteiger partial charge in [-0.1, -0.05) is 37.0 Å². The number of hydrogen-bond donors (Lipinski definition) is 2. The van der Waals surface area contributed by atoms with Crippen LogP contribution in [0.1, 0.15) is 27.2 Å². The molecule has 102 valence electrons. The third-order valence-corrected chi connectivity index (χ3v) is 4.62. The zero-order valence-corrected chi connectivity index (χ0v) is 13.2. The lowest BCUT2D eigenvalue weighted by molar-refractivity contribution is -0.143. The van der Waals surface area contributed by atoms with Crippen molar-refractivity contribution in [3.63, 3.8) is 0 Å². The van der Waals surface area contributed by atoms with E-state index in [1.54, 1.807) is 30.4 Å². The molecular weight excluding hydrogens is 288 g/mol. The number of hydrogen-bond acceptors (Lipinski definition) is 7. The van der Waals surface area contributed by atoms with Crippen LogP contribution in [-0.2, 0) is 9.53 Å². The Hall–Kier alpha value is -0.270. The van der Waals surface area contributed by atoms with Crippen molar-refractivity contribution in [2.45, 2.75) is 43.3 Å². The van der Waals surface area contributed by atoms with Crippen molar-refractivity contribution < 1.29 is 9.53 Å². The van der Waals surface area contributed by atoms with Gasteiger partial charge in [0.15, 0.2) is 4.38 Å². The quantitative estimate of drug-likeness (QED) is 0.465. The van der Waals surface area contributed by atoms with Crippen LogP contribution in [0.2, 0.25) is 0 Å². The number of carbonyl (C=O) groups is 1. The van der Waals surface area contributed by atoms with E-state index in [4.69, 9.17) is 4.74 Å². The number of nitrogens with zero attached hydrogens (tertiary/aromatic N) is 1. The summed E-state index contributed by atoms with van der Waals surface area (Å²) in [5, 5.41) is 4.47. The zero-order valence-electron chi connectivity index (χ0n) is 10.7. The number of hydrazone groups is 1. The van der Waals surface area contributed by atoms with Gasteiger partial charge in [0, 0.05) is 10.8 Å². The van der Waals surface area contributed by atoms with E-state index < -0.39 is 0 Å². The normalized spacial score (nSPS) is 21.8. The van der Waals surface area contributed by atoms with Crippen LogP contribution in [0.25, 0.3) is 0 Å². The standard InChI is InChI=1S/C11H18N2O2S3/c1-6(2)9(14)15-7(3)5-8(4)17-11-13-12-10(16)18-11/h7-8,10,12,16H,1,5H2,2-4H3. The highest BCUT2D eigenvalue weighted by Gasteiger charge is 2.20. The number of thiol groups is 1. The van der Waals surface area contributed by atoms with E-state index in [9.17, 15) is 4.79 Å². The fourth-order valence-corrected chi connectivity index (χ4v) is 4.12. The molecular formula is C11H18N2O2S3. The molecule has 0 radical (unpaired) electrons. The summed E-state index contributed by atoms with van der Waals surface area (Å²) in [6.07, 6.45) is 0.656. The van der Waals surface area contributed by atoms with Crippen LogP contribution < -0.4 is 5.43 Å². The van der Waals surface area contributed by atoms with Crippen molar-refractivity contribution in [3.05, 3.63) is 12.2 Å². The first-order valence-electron chi connectivity index (χ1n) is 5.59. The molecule has 0 aromatic heterocycles. The Bertz CT molecular complexity index is 360. The molecule has 1 aliphatic heterocycles. The molecule has 0 fully saturated rings. The minimum atomic E-state index is -0.329. The Balaban J connectivity index is 2.29. The molecule has 3 unspecified atom stereocenters. The van der Waals surface area contributed by atoms with Gasteiger partial charge in [-0.05, 0) is 20.3 Å². The highest BCUT2D eigenvalue weighted by Crippen LogP contribution is 2.31. The zero-order chi connectivity index (χ0) is 13.7. The minimum absolute atomic E-state index is 0.0402. The monoisotopic (exact) mass is 306 g/mol. The van der Waals surface area contributed by atoms with Gasteiger partial charge < -0.3 is 4.74 Å². The molecule has 0 aromatic rings. The summed E-state index contributed by atoms with van der Waals surface area (Å²) < 4.78 is 6.25. The van der Waals surface area contributed by atoms with Crippen molar-refractivity contribution in [1.29, 1.82) is 0 Å². The Labute approximate surface area is 122 Å². The van der Waals surface area contributed by atoms with E-state index in [2.05, 4.69) is 36.7 Å². The smallest absolute Gasteiger partial charge is 0.333 e. The van der Waals surface area contributed by atoms with Crippen molar-refractivity contribution >= 4 is 46.5 Å². The number of esters is 1. The van der Waals surface area contributed by atoms with Crippen LogP contribution in [0, 0.1) is 0 Å². The van der Waals surface area contributed by atoms with E-state index in [0.29, 0.717) is 10.8 Å². The van der Waals surface area contributed by atoms with Crippen LogP contribution in [-0.4, -0.2) is 26.4 Å². The Kier molecular flexibility index (Phi) is 6.45. The molecule has 0 aliphatic carbocycles. The molecule has 0 spiro atoms. The number of thioether (sulfide) groups is 2. The molecule has 18 heavy (non-hydrogen) atoms. The summed E-state index contributed by atoms with van der Waals surface area (Å²) in [4.78, 5) is 11.3. The van der Waals surface area contributed by atoms with Crippen molar-refractivity contribution in [1.82, 2.24) is 5.43 Å². The average molecular weight is 306 g/mol. The largest absolute Gasteiger partial charge is 0.459 e. The summed E-state index contributed by atoms with van der Waals surface area (Å²) in [5.41, 5.74) is 3.30. The lowest BCUT2D eigenvalue weighted by atomic mass is 10.2. The number of ether oxygens (including phenoxy) is 1. The molecule has 1 heterocycles. The third kappa shape index (κ3) is 5.58. The van der Waals surface area contributed by atoms with Gasteiger partial charge in [0.05, 0.1) is 0 Å². The van der Waals surface area contributed by atoms with Crippen LogP contribution in [0.4, 0.5) is 0 Å². The van der Waals surface area contributed by atoms with Crippen LogP contribution in [0.5, 0.6) is 0 Å². The number of rotatable bonds is 5. The van der Waals surface area contributed by atoms with Gasteiger partial charge in [-0.15, -0.1) is 12.6 Å². The lowest BCUT2D eigenvalue weighted by Gasteiger charge is -2.17. The predicted molar refractivity (Wildman–Crippen MR) is 83.0 cm³/mol. The van der Waals surface area contributed by atoms with Crippen LogP contribution in [0.15, 0.2) is 17.3 Å². The topological polar surface area (TPSA) is 50.7 Å². The second-order valence-corrected chi connectivity index (χ2v) is 7.78. The first-order valence-corrected chi connectivity index (χ1v) is 7.87. The molecule has 0 saturated heterocycles. The van der Waals surface area contributed by atoms with Gasteiger partial charge in [-0.2, -0.15) is 5.10 Å². The molecule has 0 aromatic carbocycles. The fraction of sp³-hybridized carbons (Fsp3) is 0.636. The Morgan fingerprint density at radius 2 is 2.39 bits per heavy atom. The molecule has 0 bridgehead atoms. The summed E-state index contributed by atoms with van der Waals surface area (Å²) >= 11 is 7.50. The molecule has 0 saturated carbocycles. The van der Waals surface area contributed by atoms with Gasteiger partial charge in [-0.3, -0.25) is 5.43 Å². The van der Waals surface area contributed by atoms with Gasteiger partial charge >= 0.3 is 5.97 Å². The summed E-state index contributed by atoms with van der Waals surface area (Å²) in [6, 6.07) is 0. The van der Waals surface area contributed by atoms with Gasteiger partial charge in [0.2, 0.25) is 0 Å². The van der Waals surface area contributed by atoms with E-state index in [1.165, 1.54) is 0 Å². The predicted octanol–water partition coefficient (Wildman–Crippen LogP) is 2.83. The summed E-state index contributed by atoms with van der Waals surface area (Å²) in [7, 11) is 0. The number of nitrogens with one attached hydrogen (secondary N) is 1. The Morgan fingerprint density at radius 3 is 2.89 bits per heavy atom. The molecule has 1 aliphatic rings.